The van der Waals surface area contributed by atoms with Gasteiger partial charge in [0.2, 0.25) is 0 Å². The standard InChI is InChI=1S/C7H11N/c1-2-3-4-5-6-7-8/h2-4,7-8H,1,5-6H2/b4-3+,8-7?. The SMILES string of the molecule is C=C/C=C/CCC=N. The molecule has 0 amide bonds. The predicted octanol–water partition coefficient (Wildman–Crippen LogP) is 2.16. The Morgan fingerprint density at radius 2 is 2.12 bits per heavy atom. The maximum Gasteiger partial charge on any atom is -0.00447 e. The lowest BCUT2D eigenvalue weighted by Crippen LogP contribution is -1.67. The van der Waals surface area contributed by atoms with Crippen molar-refractivity contribution in [3.05, 3.63) is 24.8 Å². The molecule has 0 aliphatic carbocycles. The van der Waals surface area contributed by atoms with Crippen LogP contribution in [-0.4, -0.2) is 6.21 Å². The van der Waals surface area contributed by atoms with Gasteiger partial charge >= 0.3 is 0 Å². The van der Waals surface area contributed by atoms with Gasteiger partial charge in [0, 0.05) is 0 Å². The zero-order valence-electron chi connectivity index (χ0n) is 4.93. The van der Waals surface area contributed by atoms with Gasteiger partial charge in [0.05, 0.1) is 0 Å². The normalized spacial score (nSPS) is 9.50. The van der Waals surface area contributed by atoms with Gasteiger partial charge in [-0.3, -0.25) is 0 Å². The highest BCUT2D eigenvalue weighted by atomic mass is 14.3. The third-order valence-corrected chi connectivity index (χ3v) is 0.750. The Morgan fingerprint density at radius 3 is 2.62 bits per heavy atom. The first-order valence-electron chi connectivity index (χ1n) is 2.68. The topological polar surface area (TPSA) is 23.9 Å². The fourth-order valence-corrected chi connectivity index (χ4v) is 0.372. The van der Waals surface area contributed by atoms with Crippen LogP contribution in [0.2, 0.25) is 0 Å². The fourth-order valence-electron chi connectivity index (χ4n) is 0.372. The van der Waals surface area contributed by atoms with E-state index in [-0.39, 0.29) is 0 Å². The highest BCUT2D eigenvalue weighted by Crippen LogP contribution is 1.85. The quantitative estimate of drug-likeness (QED) is 0.325. The lowest BCUT2D eigenvalue weighted by Gasteiger charge is -1.78. The molecule has 1 nitrogen and oxygen atoms in total. The summed E-state index contributed by atoms with van der Waals surface area (Å²) >= 11 is 0. The molecular weight excluding hydrogens is 98.1 g/mol. The van der Waals surface area contributed by atoms with Crippen molar-refractivity contribution in [2.24, 2.45) is 0 Å². The van der Waals surface area contributed by atoms with Crippen LogP contribution >= 0.6 is 0 Å². The number of rotatable bonds is 4. The smallest absolute Gasteiger partial charge is 0.00447 e. The minimum Gasteiger partial charge on any atom is -0.313 e. The third kappa shape index (κ3) is 5.15. The minimum absolute atomic E-state index is 0.838. The summed E-state index contributed by atoms with van der Waals surface area (Å²) in [5.41, 5.74) is 0. The van der Waals surface area contributed by atoms with Gasteiger partial charge in [-0.2, -0.15) is 0 Å². The molecule has 44 valence electrons. The maximum absolute atomic E-state index is 6.65. The zero-order valence-corrected chi connectivity index (χ0v) is 4.93. The molecule has 0 saturated heterocycles. The van der Waals surface area contributed by atoms with Crippen LogP contribution in [0.4, 0.5) is 0 Å². The van der Waals surface area contributed by atoms with Gasteiger partial charge < -0.3 is 5.41 Å². The van der Waals surface area contributed by atoms with Crippen LogP contribution in [0.15, 0.2) is 24.8 Å². The van der Waals surface area contributed by atoms with Gasteiger partial charge in [0.1, 0.15) is 0 Å². The molecule has 8 heavy (non-hydrogen) atoms. The summed E-state index contributed by atoms with van der Waals surface area (Å²) in [6.07, 6.45) is 8.83. The molecule has 0 saturated carbocycles. The van der Waals surface area contributed by atoms with Crippen molar-refractivity contribution in [3.8, 4) is 0 Å². The Labute approximate surface area is 50.2 Å². The highest BCUT2D eigenvalue weighted by Gasteiger charge is 1.70. The molecular formula is C7H11N. The highest BCUT2D eigenvalue weighted by molar-refractivity contribution is 5.52. The van der Waals surface area contributed by atoms with Crippen LogP contribution in [0, 0.1) is 5.41 Å². The Kier molecular flexibility index (Phi) is 5.50. The zero-order chi connectivity index (χ0) is 6.24. The molecule has 1 N–H and O–H groups in total. The molecule has 0 atom stereocenters. The largest absolute Gasteiger partial charge is 0.313 e. The van der Waals surface area contributed by atoms with Crippen molar-refractivity contribution in [1.82, 2.24) is 0 Å². The molecule has 0 heterocycles. The predicted molar refractivity (Wildman–Crippen MR) is 37.4 cm³/mol. The summed E-state index contributed by atoms with van der Waals surface area (Å²) in [7, 11) is 0. The van der Waals surface area contributed by atoms with Crippen LogP contribution in [0.1, 0.15) is 12.8 Å². The van der Waals surface area contributed by atoms with E-state index < -0.39 is 0 Å². The van der Waals surface area contributed by atoms with Crippen molar-refractivity contribution in [2.75, 3.05) is 0 Å². The van der Waals surface area contributed by atoms with E-state index in [1.165, 1.54) is 6.21 Å². The molecule has 0 radical (unpaired) electrons. The molecule has 0 bridgehead atoms. The molecule has 0 aromatic carbocycles. The second-order valence-corrected chi connectivity index (χ2v) is 1.45. The first-order valence-corrected chi connectivity index (χ1v) is 2.68. The lowest BCUT2D eigenvalue weighted by molar-refractivity contribution is 1.11. The molecule has 0 aliphatic heterocycles. The van der Waals surface area contributed by atoms with Crippen LogP contribution in [0.3, 0.4) is 0 Å². The lowest BCUT2D eigenvalue weighted by atomic mass is 10.3. The second kappa shape index (κ2) is 6.15. The molecule has 0 aromatic rings. The van der Waals surface area contributed by atoms with Gasteiger partial charge in [-0.05, 0) is 19.1 Å². The maximum atomic E-state index is 6.65. The van der Waals surface area contributed by atoms with E-state index >= 15 is 0 Å². The molecule has 0 unspecified atom stereocenters. The summed E-state index contributed by atoms with van der Waals surface area (Å²) < 4.78 is 0. The molecule has 0 spiro atoms. The van der Waals surface area contributed by atoms with Crippen molar-refractivity contribution in [2.45, 2.75) is 12.8 Å². The fraction of sp³-hybridized carbons (Fsp3) is 0.286. The summed E-state index contributed by atoms with van der Waals surface area (Å²) in [6.45, 7) is 3.51. The van der Waals surface area contributed by atoms with Crippen LogP contribution in [0.25, 0.3) is 0 Å². The van der Waals surface area contributed by atoms with Gasteiger partial charge in [0.15, 0.2) is 0 Å². The van der Waals surface area contributed by atoms with Crippen molar-refractivity contribution < 1.29 is 0 Å². The minimum atomic E-state index is 0.838. The van der Waals surface area contributed by atoms with Gasteiger partial charge in [-0.25, -0.2) is 0 Å². The summed E-state index contributed by atoms with van der Waals surface area (Å²) in [6, 6.07) is 0. The average Bonchev–Trinajstić information content (AvgIpc) is 1.81. The van der Waals surface area contributed by atoms with E-state index in [4.69, 9.17) is 5.41 Å². The first-order chi connectivity index (χ1) is 3.91. The average molecular weight is 109 g/mol. The van der Waals surface area contributed by atoms with E-state index in [2.05, 4.69) is 6.58 Å². The van der Waals surface area contributed by atoms with Gasteiger partial charge in [-0.15, -0.1) is 0 Å². The second-order valence-electron chi connectivity index (χ2n) is 1.45. The molecule has 1 heteroatoms. The Hall–Kier alpha value is -0.850. The first kappa shape index (κ1) is 7.15. The van der Waals surface area contributed by atoms with E-state index in [1.54, 1.807) is 6.08 Å². The number of nitrogens with one attached hydrogen (secondary N) is 1. The van der Waals surface area contributed by atoms with E-state index in [0.29, 0.717) is 0 Å². The summed E-state index contributed by atoms with van der Waals surface area (Å²) in [5, 5.41) is 6.65. The Balaban J connectivity index is 3.02. The number of allylic oxidation sites excluding steroid dienone is 3. The van der Waals surface area contributed by atoms with Crippen LogP contribution in [0.5, 0.6) is 0 Å². The molecule has 0 fully saturated rings. The van der Waals surface area contributed by atoms with E-state index in [9.17, 15) is 0 Å². The Bertz CT molecular complexity index is 92.6. The number of unbranched alkanes of at least 4 members (excludes halogenated alkanes) is 1. The third-order valence-electron chi connectivity index (χ3n) is 0.750. The number of hydrogen-bond donors (Lipinski definition) is 1. The Morgan fingerprint density at radius 1 is 1.38 bits per heavy atom. The summed E-state index contributed by atoms with van der Waals surface area (Å²) in [4.78, 5) is 0. The van der Waals surface area contributed by atoms with Crippen LogP contribution < -0.4 is 0 Å². The van der Waals surface area contributed by atoms with Gasteiger partial charge in [-0.1, -0.05) is 24.8 Å². The van der Waals surface area contributed by atoms with E-state index in [0.717, 1.165) is 12.8 Å². The molecule has 0 aromatic heterocycles. The van der Waals surface area contributed by atoms with Crippen LogP contribution in [-0.2, 0) is 0 Å². The van der Waals surface area contributed by atoms with Crippen molar-refractivity contribution in [3.63, 3.8) is 0 Å². The van der Waals surface area contributed by atoms with Crippen molar-refractivity contribution >= 4 is 6.21 Å². The molecule has 0 rings (SSSR count). The summed E-state index contributed by atoms with van der Waals surface area (Å²) in [5.74, 6) is 0. The van der Waals surface area contributed by atoms with Crippen molar-refractivity contribution in [1.29, 1.82) is 5.41 Å². The van der Waals surface area contributed by atoms with Gasteiger partial charge in [0.25, 0.3) is 0 Å². The molecule has 0 aliphatic rings. The van der Waals surface area contributed by atoms with E-state index in [1.807, 2.05) is 12.2 Å². The number of hydrogen-bond acceptors (Lipinski definition) is 1. The monoisotopic (exact) mass is 109 g/mol.